The van der Waals surface area contributed by atoms with E-state index in [1.54, 1.807) is 12.1 Å². The molecule has 3 atom stereocenters. The van der Waals surface area contributed by atoms with Gasteiger partial charge in [0.2, 0.25) is 17.7 Å². The third kappa shape index (κ3) is 4.76. The van der Waals surface area contributed by atoms with Crippen LogP contribution in [-0.2, 0) is 19.2 Å². The summed E-state index contributed by atoms with van der Waals surface area (Å²) in [7, 11) is 0. The lowest BCUT2D eigenvalue weighted by molar-refractivity contribution is -0.130. The first-order chi connectivity index (χ1) is 15.4. The van der Waals surface area contributed by atoms with Gasteiger partial charge in [-0.25, -0.2) is 0 Å². The van der Waals surface area contributed by atoms with Crippen LogP contribution in [0.5, 0.6) is 0 Å². The van der Waals surface area contributed by atoms with Gasteiger partial charge in [0, 0.05) is 10.6 Å². The Kier molecular flexibility index (Phi) is 6.71. The minimum Gasteiger partial charge on any atom is -0.368 e. The molecule has 1 fully saturated rings. The molecule has 0 bridgehead atoms. The molecule has 0 radical (unpaired) electrons. The Bertz CT molecular complexity index is 1050. The van der Waals surface area contributed by atoms with Gasteiger partial charge in [-0.1, -0.05) is 42.5 Å². The van der Waals surface area contributed by atoms with Gasteiger partial charge in [0.1, 0.15) is 18.6 Å². The standard InChI is InChI=1S/C22H22N4O4S2/c23-17(27)10-26-15-8-4-5-9-16(15)32-20(13-6-2-1-3-7-13)19(22(26)30)25-21(29)14-11-31-12-18(28)24-14/h1-9,14,19-20H,10-12H2,(H2,23,27)(H,24,28)(H,25,29)/t14?,19-,20-/m0/s1. The van der Waals surface area contributed by atoms with E-state index >= 15 is 0 Å². The zero-order chi connectivity index (χ0) is 22.7. The average molecular weight is 471 g/mol. The van der Waals surface area contributed by atoms with Crippen LogP contribution < -0.4 is 21.3 Å². The summed E-state index contributed by atoms with van der Waals surface area (Å²) in [6.45, 7) is -0.305. The molecule has 2 aliphatic heterocycles. The van der Waals surface area contributed by atoms with Crippen molar-refractivity contribution in [1.29, 1.82) is 0 Å². The molecule has 2 aromatic carbocycles. The summed E-state index contributed by atoms with van der Waals surface area (Å²) in [5.41, 5.74) is 6.87. The number of para-hydroxylation sites is 1. The number of hydrogen-bond acceptors (Lipinski definition) is 6. The second kappa shape index (κ2) is 9.66. The number of primary amides is 1. The van der Waals surface area contributed by atoms with E-state index < -0.39 is 35.1 Å². The maximum Gasteiger partial charge on any atom is 0.251 e. The molecule has 2 heterocycles. The first-order valence-corrected chi connectivity index (χ1v) is 12.1. The zero-order valence-electron chi connectivity index (χ0n) is 17.0. The Balaban J connectivity index is 1.73. The second-order valence-electron chi connectivity index (χ2n) is 7.43. The van der Waals surface area contributed by atoms with Gasteiger partial charge in [-0.3, -0.25) is 19.2 Å². The minimum absolute atomic E-state index is 0.217. The Morgan fingerprint density at radius 2 is 1.81 bits per heavy atom. The number of hydrogen-bond donors (Lipinski definition) is 3. The van der Waals surface area contributed by atoms with E-state index in [0.717, 1.165) is 10.5 Å². The van der Waals surface area contributed by atoms with Crippen LogP contribution in [0.1, 0.15) is 10.8 Å². The van der Waals surface area contributed by atoms with E-state index in [4.69, 9.17) is 5.73 Å². The van der Waals surface area contributed by atoms with Crippen LogP contribution in [0.15, 0.2) is 59.5 Å². The molecule has 1 saturated heterocycles. The smallest absolute Gasteiger partial charge is 0.251 e. The highest BCUT2D eigenvalue weighted by Crippen LogP contribution is 2.45. The van der Waals surface area contributed by atoms with Crippen molar-refractivity contribution in [2.75, 3.05) is 23.0 Å². The Labute approximate surface area is 193 Å². The average Bonchev–Trinajstić information content (AvgIpc) is 2.90. The SMILES string of the molecule is NC(=O)CN1C(=O)[C@@H](NC(=O)C2CSCC(=O)N2)[C@H](c2ccccc2)Sc2ccccc21. The number of benzene rings is 2. The summed E-state index contributed by atoms with van der Waals surface area (Å²) >= 11 is 2.81. The fourth-order valence-electron chi connectivity index (χ4n) is 3.70. The van der Waals surface area contributed by atoms with E-state index in [-0.39, 0.29) is 12.5 Å². The number of rotatable bonds is 5. The van der Waals surface area contributed by atoms with Gasteiger partial charge in [0.15, 0.2) is 0 Å². The van der Waals surface area contributed by atoms with Gasteiger partial charge in [-0.05, 0) is 17.7 Å². The molecule has 0 spiro atoms. The van der Waals surface area contributed by atoms with Gasteiger partial charge >= 0.3 is 0 Å². The Morgan fingerprint density at radius 3 is 2.53 bits per heavy atom. The van der Waals surface area contributed by atoms with Gasteiger partial charge < -0.3 is 21.3 Å². The number of nitrogens with two attached hydrogens (primary N) is 1. The summed E-state index contributed by atoms with van der Waals surface area (Å²) < 4.78 is 0. The van der Waals surface area contributed by atoms with E-state index in [9.17, 15) is 19.2 Å². The van der Waals surface area contributed by atoms with Crippen molar-refractivity contribution in [3.05, 3.63) is 60.2 Å². The van der Waals surface area contributed by atoms with Crippen LogP contribution >= 0.6 is 23.5 Å². The number of carbonyl (C=O) groups is 4. The summed E-state index contributed by atoms with van der Waals surface area (Å²) in [5.74, 6) is -1.01. The molecule has 2 aromatic rings. The third-order valence-corrected chi connectivity index (χ3v) is 7.59. The number of nitrogens with zero attached hydrogens (tertiary/aromatic N) is 1. The first kappa shape index (κ1) is 22.2. The van der Waals surface area contributed by atoms with E-state index in [0.29, 0.717) is 17.2 Å². The second-order valence-corrected chi connectivity index (χ2v) is 9.64. The molecule has 4 N–H and O–H groups in total. The van der Waals surface area contributed by atoms with Crippen molar-refractivity contribution in [1.82, 2.24) is 10.6 Å². The van der Waals surface area contributed by atoms with Crippen molar-refractivity contribution >= 4 is 52.8 Å². The van der Waals surface area contributed by atoms with Crippen molar-refractivity contribution in [2.45, 2.75) is 22.2 Å². The summed E-state index contributed by atoms with van der Waals surface area (Å²) in [6.07, 6.45) is 0. The maximum absolute atomic E-state index is 13.7. The van der Waals surface area contributed by atoms with Crippen LogP contribution in [-0.4, -0.2) is 53.8 Å². The molecule has 4 rings (SSSR count). The van der Waals surface area contributed by atoms with Crippen molar-refractivity contribution in [2.24, 2.45) is 5.73 Å². The van der Waals surface area contributed by atoms with Crippen LogP contribution in [0.2, 0.25) is 0 Å². The Hall–Kier alpha value is -2.98. The summed E-state index contributed by atoms with van der Waals surface area (Å²) in [5, 5.41) is 5.08. The highest BCUT2D eigenvalue weighted by molar-refractivity contribution is 8.00. The van der Waals surface area contributed by atoms with Crippen LogP contribution in [0, 0.1) is 0 Å². The van der Waals surface area contributed by atoms with Gasteiger partial charge in [-0.15, -0.1) is 23.5 Å². The molecular formula is C22H22N4O4S2. The summed E-state index contributed by atoms with van der Waals surface area (Å²) in [6, 6.07) is 15.0. The molecule has 166 valence electrons. The number of carbonyl (C=O) groups excluding carboxylic acids is 4. The largest absolute Gasteiger partial charge is 0.368 e. The molecule has 32 heavy (non-hydrogen) atoms. The third-order valence-electron chi connectivity index (χ3n) is 5.15. The lowest BCUT2D eigenvalue weighted by Gasteiger charge is -2.30. The molecule has 10 heteroatoms. The molecular weight excluding hydrogens is 448 g/mol. The number of amides is 4. The molecule has 0 aromatic heterocycles. The van der Waals surface area contributed by atoms with Crippen LogP contribution in [0.25, 0.3) is 0 Å². The Morgan fingerprint density at radius 1 is 1.09 bits per heavy atom. The molecule has 0 saturated carbocycles. The van der Waals surface area contributed by atoms with Crippen molar-refractivity contribution in [3.63, 3.8) is 0 Å². The highest BCUT2D eigenvalue weighted by Gasteiger charge is 2.41. The van der Waals surface area contributed by atoms with Crippen LogP contribution in [0.4, 0.5) is 5.69 Å². The van der Waals surface area contributed by atoms with E-state index in [1.165, 1.54) is 28.4 Å². The maximum atomic E-state index is 13.7. The summed E-state index contributed by atoms with van der Waals surface area (Å²) in [4.78, 5) is 52.4. The predicted molar refractivity (Wildman–Crippen MR) is 124 cm³/mol. The molecule has 2 aliphatic rings. The molecule has 1 unspecified atom stereocenters. The highest BCUT2D eigenvalue weighted by atomic mass is 32.2. The van der Waals surface area contributed by atoms with E-state index in [2.05, 4.69) is 10.6 Å². The van der Waals surface area contributed by atoms with Gasteiger partial charge in [-0.2, -0.15) is 0 Å². The zero-order valence-corrected chi connectivity index (χ0v) is 18.7. The molecule has 8 nitrogen and oxygen atoms in total. The number of nitrogens with one attached hydrogen (secondary N) is 2. The normalized spacial score (nSPS) is 23.0. The van der Waals surface area contributed by atoms with Gasteiger partial charge in [0.05, 0.1) is 16.7 Å². The lowest BCUT2D eigenvalue weighted by atomic mass is 10.0. The predicted octanol–water partition coefficient (Wildman–Crippen LogP) is 1.07. The first-order valence-electron chi connectivity index (χ1n) is 10.0. The number of thioether (sulfide) groups is 2. The van der Waals surface area contributed by atoms with E-state index in [1.807, 2.05) is 42.5 Å². The van der Waals surface area contributed by atoms with Crippen LogP contribution in [0.3, 0.4) is 0 Å². The monoisotopic (exact) mass is 470 g/mol. The minimum atomic E-state index is -0.967. The van der Waals surface area contributed by atoms with Gasteiger partial charge in [0.25, 0.3) is 5.91 Å². The lowest BCUT2D eigenvalue weighted by Crippen LogP contribution is -2.58. The molecule has 4 amide bonds. The van der Waals surface area contributed by atoms with Crippen molar-refractivity contribution in [3.8, 4) is 0 Å². The quantitative estimate of drug-likeness (QED) is 0.601. The number of fused-ring (bicyclic) bond motifs is 1. The molecule has 0 aliphatic carbocycles. The fourth-order valence-corrected chi connectivity index (χ4v) is 5.90. The number of anilines is 1. The van der Waals surface area contributed by atoms with Crippen molar-refractivity contribution < 1.29 is 19.2 Å². The fraction of sp³-hybridized carbons (Fsp3) is 0.273. The topological polar surface area (TPSA) is 122 Å².